The molecule has 2 aromatic rings. The van der Waals surface area contributed by atoms with Crippen LogP contribution in [0.4, 0.5) is 0 Å². The van der Waals surface area contributed by atoms with Gasteiger partial charge in [-0.3, -0.25) is 0 Å². The first kappa shape index (κ1) is 18.6. The summed E-state index contributed by atoms with van der Waals surface area (Å²) in [6.07, 6.45) is 7.97. The molecule has 0 spiro atoms. The van der Waals surface area contributed by atoms with Crippen molar-refractivity contribution in [3.05, 3.63) is 65.7 Å². The smallest absolute Gasteiger partial charge is 0.203 e. The Kier molecular flexibility index (Phi) is 7.60. The molecular formula is C21H24O4. The van der Waals surface area contributed by atoms with Gasteiger partial charge in [-0.05, 0) is 23.3 Å². The molecule has 2 rings (SSSR count). The normalized spacial score (nSPS) is 11.2. The van der Waals surface area contributed by atoms with Crippen LogP contribution in [-0.2, 0) is 4.74 Å². The minimum atomic E-state index is 0.524. The van der Waals surface area contributed by atoms with Gasteiger partial charge in [-0.2, -0.15) is 0 Å². The molecule has 0 aromatic heterocycles. The molecule has 25 heavy (non-hydrogen) atoms. The van der Waals surface area contributed by atoms with Gasteiger partial charge in [0, 0.05) is 0 Å². The van der Waals surface area contributed by atoms with Crippen LogP contribution in [0.2, 0.25) is 0 Å². The van der Waals surface area contributed by atoms with Crippen molar-refractivity contribution in [2.45, 2.75) is 0 Å². The molecule has 0 aliphatic carbocycles. The van der Waals surface area contributed by atoms with E-state index in [-0.39, 0.29) is 0 Å². The first-order valence-corrected chi connectivity index (χ1v) is 8.04. The fraction of sp³-hybridized carbons (Fsp3) is 0.238. The number of hydrogen-bond donors (Lipinski definition) is 0. The fourth-order valence-electron chi connectivity index (χ4n) is 2.33. The quantitative estimate of drug-likeness (QED) is 0.632. The van der Waals surface area contributed by atoms with Crippen molar-refractivity contribution >= 4 is 12.2 Å². The van der Waals surface area contributed by atoms with Crippen LogP contribution >= 0.6 is 0 Å². The molecule has 0 amide bonds. The number of methoxy groups -OCH3 is 3. The lowest BCUT2D eigenvalue weighted by atomic mass is 10.1. The molecule has 0 aliphatic heterocycles. The third-order valence-corrected chi connectivity index (χ3v) is 3.54. The Bertz CT molecular complexity index is 680. The van der Waals surface area contributed by atoms with E-state index in [4.69, 9.17) is 18.9 Å². The summed E-state index contributed by atoms with van der Waals surface area (Å²) in [6, 6.07) is 13.9. The van der Waals surface area contributed by atoms with E-state index < -0.39 is 0 Å². The Morgan fingerprint density at radius 3 is 1.80 bits per heavy atom. The van der Waals surface area contributed by atoms with Gasteiger partial charge in [-0.15, -0.1) is 0 Å². The van der Waals surface area contributed by atoms with Gasteiger partial charge in [0.2, 0.25) is 5.75 Å². The van der Waals surface area contributed by atoms with Crippen LogP contribution in [0.25, 0.3) is 12.2 Å². The molecule has 0 N–H and O–H groups in total. The van der Waals surface area contributed by atoms with E-state index in [1.807, 2.05) is 54.6 Å². The third-order valence-electron chi connectivity index (χ3n) is 3.54. The van der Waals surface area contributed by atoms with Gasteiger partial charge < -0.3 is 18.9 Å². The van der Waals surface area contributed by atoms with Crippen LogP contribution < -0.4 is 14.2 Å². The van der Waals surface area contributed by atoms with Crippen LogP contribution in [0.15, 0.2) is 54.6 Å². The largest absolute Gasteiger partial charge is 0.493 e. The maximum absolute atomic E-state index is 5.57. The van der Waals surface area contributed by atoms with Gasteiger partial charge in [-0.1, -0.05) is 54.6 Å². The lowest BCUT2D eigenvalue weighted by Crippen LogP contribution is -1.95. The standard InChI is InChI=1S/C21H24O4/c1-22-19-15-18(16-20(23-2)21(19)24-3)12-8-14-25-13-7-11-17-9-5-4-6-10-17/h4-12,15-16H,13-14H2,1-3H3/b11-7+,12-8+. The molecule has 0 heterocycles. The van der Waals surface area contributed by atoms with Gasteiger partial charge >= 0.3 is 0 Å². The van der Waals surface area contributed by atoms with E-state index >= 15 is 0 Å². The summed E-state index contributed by atoms with van der Waals surface area (Å²) < 4.78 is 21.6. The van der Waals surface area contributed by atoms with Crippen LogP contribution in [0.3, 0.4) is 0 Å². The zero-order valence-corrected chi connectivity index (χ0v) is 14.9. The Morgan fingerprint density at radius 1 is 0.720 bits per heavy atom. The van der Waals surface area contributed by atoms with Gasteiger partial charge in [0.1, 0.15) is 0 Å². The summed E-state index contributed by atoms with van der Waals surface area (Å²) in [5, 5.41) is 0. The average molecular weight is 340 g/mol. The Morgan fingerprint density at radius 2 is 1.28 bits per heavy atom. The van der Waals surface area contributed by atoms with E-state index in [0.29, 0.717) is 30.5 Å². The Hall–Kier alpha value is -2.72. The Balaban J connectivity index is 1.86. The van der Waals surface area contributed by atoms with Gasteiger partial charge in [-0.25, -0.2) is 0 Å². The molecule has 132 valence electrons. The van der Waals surface area contributed by atoms with E-state index in [1.165, 1.54) is 5.56 Å². The summed E-state index contributed by atoms with van der Waals surface area (Å²) in [4.78, 5) is 0. The van der Waals surface area contributed by atoms with Crippen molar-refractivity contribution in [2.75, 3.05) is 34.5 Å². The van der Waals surface area contributed by atoms with E-state index in [1.54, 1.807) is 21.3 Å². The number of ether oxygens (including phenoxy) is 4. The minimum absolute atomic E-state index is 0.524. The van der Waals surface area contributed by atoms with Crippen LogP contribution in [0.5, 0.6) is 17.2 Å². The molecule has 0 saturated heterocycles. The first-order valence-electron chi connectivity index (χ1n) is 8.04. The molecule has 0 aliphatic rings. The van der Waals surface area contributed by atoms with Gasteiger partial charge in [0.25, 0.3) is 0 Å². The zero-order valence-electron chi connectivity index (χ0n) is 14.9. The summed E-state index contributed by atoms with van der Waals surface area (Å²) in [5.74, 6) is 1.85. The van der Waals surface area contributed by atoms with Crippen molar-refractivity contribution in [1.82, 2.24) is 0 Å². The maximum atomic E-state index is 5.57. The summed E-state index contributed by atoms with van der Waals surface area (Å²) in [5.41, 5.74) is 2.12. The van der Waals surface area contributed by atoms with Crippen molar-refractivity contribution < 1.29 is 18.9 Å². The van der Waals surface area contributed by atoms with Crippen molar-refractivity contribution in [3.8, 4) is 17.2 Å². The highest BCUT2D eigenvalue weighted by atomic mass is 16.5. The highest BCUT2D eigenvalue weighted by Gasteiger charge is 2.11. The molecular weight excluding hydrogens is 316 g/mol. The minimum Gasteiger partial charge on any atom is -0.493 e. The van der Waals surface area contributed by atoms with Crippen molar-refractivity contribution in [1.29, 1.82) is 0 Å². The summed E-state index contributed by atoms with van der Waals surface area (Å²) >= 11 is 0. The molecule has 0 unspecified atom stereocenters. The Labute approximate surface area is 149 Å². The second-order valence-corrected chi connectivity index (χ2v) is 5.21. The number of hydrogen-bond acceptors (Lipinski definition) is 4. The molecule has 0 bridgehead atoms. The summed E-state index contributed by atoms with van der Waals surface area (Å²) in [6.45, 7) is 1.09. The van der Waals surface area contributed by atoms with Crippen LogP contribution in [-0.4, -0.2) is 34.5 Å². The van der Waals surface area contributed by atoms with E-state index in [2.05, 4.69) is 12.1 Å². The van der Waals surface area contributed by atoms with Crippen LogP contribution in [0.1, 0.15) is 11.1 Å². The average Bonchev–Trinajstić information content (AvgIpc) is 2.67. The van der Waals surface area contributed by atoms with Gasteiger partial charge in [0.15, 0.2) is 11.5 Å². The second kappa shape index (κ2) is 10.2. The number of rotatable bonds is 9. The molecule has 2 aromatic carbocycles. The lowest BCUT2D eigenvalue weighted by molar-refractivity contribution is 0.195. The molecule has 4 heteroatoms. The van der Waals surface area contributed by atoms with E-state index in [0.717, 1.165) is 5.56 Å². The topological polar surface area (TPSA) is 36.9 Å². The third kappa shape index (κ3) is 5.69. The number of benzene rings is 2. The van der Waals surface area contributed by atoms with E-state index in [9.17, 15) is 0 Å². The molecule has 4 nitrogen and oxygen atoms in total. The molecule has 0 radical (unpaired) electrons. The highest BCUT2D eigenvalue weighted by Crippen LogP contribution is 2.38. The van der Waals surface area contributed by atoms with Crippen molar-refractivity contribution in [3.63, 3.8) is 0 Å². The monoisotopic (exact) mass is 340 g/mol. The molecule has 0 saturated carbocycles. The summed E-state index contributed by atoms with van der Waals surface area (Å²) in [7, 11) is 4.80. The molecule has 0 fully saturated rings. The van der Waals surface area contributed by atoms with Crippen molar-refractivity contribution in [2.24, 2.45) is 0 Å². The van der Waals surface area contributed by atoms with Crippen LogP contribution in [0, 0.1) is 0 Å². The first-order chi connectivity index (χ1) is 12.3. The highest BCUT2D eigenvalue weighted by molar-refractivity contribution is 5.62. The SMILES string of the molecule is COc1cc(/C=C/COC/C=C/c2ccccc2)cc(OC)c1OC. The predicted octanol–water partition coefficient (Wildman–Crippen LogP) is 4.46. The van der Waals surface area contributed by atoms with Gasteiger partial charge in [0.05, 0.1) is 34.5 Å². The second-order valence-electron chi connectivity index (χ2n) is 5.21. The molecule has 0 atom stereocenters. The maximum Gasteiger partial charge on any atom is 0.203 e. The predicted molar refractivity (Wildman–Crippen MR) is 101 cm³/mol. The zero-order chi connectivity index (χ0) is 17.9. The fourth-order valence-corrected chi connectivity index (χ4v) is 2.33. The lowest BCUT2D eigenvalue weighted by Gasteiger charge is -2.12.